The lowest BCUT2D eigenvalue weighted by Gasteiger charge is -2.29. The Labute approximate surface area is 115 Å². The van der Waals surface area contributed by atoms with Gasteiger partial charge in [-0.15, -0.1) is 0 Å². The number of piperidine rings is 1. The van der Waals surface area contributed by atoms with Crippen molar-refractivity contribution in [3.63, 3.8) is 0 Å². The first-order chi connectivity index (χ1) is 9.61. The molecule has 0 aliphatic carbocycles. The Morgan fingerprint density at radius 3 is 2.80 bits per heavy atom. The van der Waals surface area contributed by atoms with E-state index in [1.54, 1.807) is 10.5 Å². The Kier molecular flexibility index (Phi) is 3.40. The number of aromatic nitrogens is 2. The molecule has 1 aliphatic rings. The highest BCUT2D eigenvalue weighted by atomic mass is 19.1. The fourth-order valence-electron chi connectivity index (χ4n) is 2.66. The highest BCUT2D eigenvalue weighted by molar-refractivity contribution is 5.70. The van der Waals surface area contributed by atoms with E-state index < -0.39 is 5.97 Å². The van der Waals surface area contributed by atoms with Crippen LogP contribution in [-0.2, 0) is 11.3 Å². The summed E-state index contributed by atoms with van der Waals surface area (Å²) in [6.07, 6.45) is 4.58. The maximum atomic E-state index is 13.1. The van der Waals surface area contributed by atoms with Crippen molar-refractivity contribution in [1.29, 1.82) is 0 Å². The number of carbonyl (C=O) groups is 1. The zero-order chi connectivity index (χ0) is 14.1. The van der Waals surface area contributed by atoms with Gasteiger partial charge in [0, 0.05) is 18.9 Å². The van der Waals surface area contributed by atoms with Crippen molar-refractivity contribution < 1.29 is 14.3 Å². The van der Waals surface area contributed by atoms with Crippen LogP contribution in [0.3, 0.4) is 0 Å². The number of pyridine rings is 1. The van der Waals surface area contributed by atoms with Crippen LogP contribution < -0.4 is 0 Å². The lowest BCUT2D eigenvalue weighted by Crippen LogP contribution is -2.35. The predicted molar refractivity (Wildman–Crippen MR) is 70.8 cm³/mol. The van der Waals surface area contributed by atoms with Gasteiger partial charge in [0.1, 0.15) is 11.5 Å². The summed E-state index contributed by atoms with van der Waals surface area (Å²) in [4.78, 5) is 17.5. The lowest BCUT2D eigenvalue weighted by atomic mass is 9.97. The summed E-state index contributed by atoms with van der Waals surface area (Å²) in [6, 6.07) is 3.04. The van der Waals surface area contributed by atoms with E-state index in [9.17, 15) is 9.18 Å². The zero-order valence-electron chi connectivity index (χ0n) is 11.0. The van der Waals surface area contributed by atoms with Crippen molar-refractivity contribution in [2.45, 2.75) is 19.4 Å². The molecular formula is C14H16FN3O2. The quantitative estimate of drug-likeness (QED) is 0.929. The molecule has 106 valence electrons. The molecule has 0 radical (unpaired) electrons. The van der Waals surface area contributed by atoms with Crippen molar-refractivity contribution >= 4 is 11.6 Å². The molecule has 1 aliphatic heterocycles. The van der Waals surface area contributed by atoms with E-state index >= 15 is 0 Å². The maximum Gasteiger partial charge on any atom is 0.306 e. The molecule has 0 atom stereocenters. The van der Waals surface area contributed by atoms with E-state index in [-0.39, 0.29) is 11.7 Å². The van der Waals surface area contributed by atoms with Gasteiger partial charge < -0.3 is 9.51 Å². The molecule has 6 heteroatoms. The Balaban J connectivity index is 1.66. The fourth-order valence-corrected chi connectivity index (χ4v) is 2.66. The average molecular weight is 277 g/mol. The number of carboxylic acid groups (broad SMARTS) is 1. The number of carboxylic acids is 1. The summed E-state index contributed by atoms with van der Waals surface area (Å²) in [5, 5.41) is 8.97. The monoisotopic (exact) mass is 277 g/mol. The van der Waals surface area contributed by atoms with Gasteiger partial charge in [-0.05, 0) is 38.1 Å². The molecule has 20 heavy (non-hydrogen) atoms. The van der Waals surface area contributed by atoms with Crippen LogP contribution in [0.5, 0.6) is 0 Å². The minimum atomic E-state index is -0.701. The number of aliphatic carboxylic acids is 1. The van der Waals surface area contributed by atoms with Gasteiger partial charge in [0.05, 0.1) is 11.6 Å². The van der Waals surface area contributed by atoms with Crippen molar-refractivity contribution in [2.24, 2.45) is 5.92 Å². The Hall–Kier alpha value is -1.95. The third kappa shape index (κ3) is 2.65. The molecular weight excluding hydrogens is 261 g/mol. The van der Waals surface area contributed by atoms with E-state index in [0.717, 1.165) is 24.4 Å². The molecule has 1 fully saturated rings. The molecule has 0 spiro atoms. The number of halogens is 1. The SMILES string of the molecule is O=C(O)C1CCN(Cc2cn3cc(F)ccc3n2)CC1. The van der Waals surface area contributed by atoms with Crippen molar-refractivity contribution in [3.05, 3.63) is 36.0 Å². The van der Waals surface area contributed by atoms with Gasteiger partial charge in [-0.1, -0.05) is 0 Å². The molecule has 0 saturated carbocycles. The minimum Gasteiger partial charge on any atom is -0.481 e. The number of hydrogen-bond donors (Lipinski definition) is 1. The Bertz CT molecular complexity index is 632. The second-order valence-corrected chi connectivity index (χ2v) is 5.23. The molecule has 3 rings (SSSR count). The second-order valence-electron chi connectivity index (χ2n) is 5.23. The minimum absolute atomic E-state index is 0.221. The molecule has 0 unspecified atom stereocenters. The normalized spacial score (nSPS) is 17.6. The van der Waals surface area contributed by atoms with E-state index in [2.05, 4.69) is 9.88 Å². The molecule has 1 N–H and O–H groups in total. The predicted octanol–water partition coefficient (Wildman–Crippen LogP) is 1.77. The van der Waals surface area contributed by atoms with Gasteiger partial charge in [-0.2, -0.15) is 0 Å². The van der Waals surface area contributed by atoms with Gasteiger partial charge in [0.2, 0.25) is 0 Å². The van der Waals surface area contributed by atoms with Crippen LogP contribution in [0.2, 0.25) is 0 Å². The van der Waals surface area contributed by atoms with Crippen LogP contribution >= 0.6 is 0 Å². The second kappa shape index (κ2) is 5.20. The van der Waals surface area contributed by atoms with Gasteiger partial charge in [0.25, 0.3) is 0 Å². The Morgan fingerprint density at radius 1 is 1.35 bits per heavy atom. The van der Waals surface area contributed by atoms with Crippen LogP contribution in [0.4, 0.5) is 4.39 Å². The first-order valence-corrected chi connectivity index (χ1v) is 6.70. The van der Waals surface area contributed by atoms with Gasteiger partial charge in [-0.25, -0.2) is 9.37 Å². The molecule has 2 aromatic heterocycles. The highest BCUT2D eigenvalue weighted by Gasteiger charge is 2.24. The Morgan fingerprint density at radius 2 is 2.10 bits per heavy atom. The van der Waals surface area contributed by atoms with Gasteiger partial charge in [-0.3, -0.25) is 9.69 Å². The van der Waals surface area contributed by atoms with E-state index in [1.807, 2.05) is 6.20 Å². The van der Waals surface area contributed by atoms with Gasteiger partial charge >= 0.3 is 5.97 Å². The number of imidazole rings is 1. The third-order valence-electron chi connectivity index (χ3n) is 3.79. The highest BCUT2D eigenvalue weighted by Crippen LogP contribution is 2.19. The number of rotatable bonds is 3. The first-order valence-electron chi connectivity index (χ1n) is 6.70. The molecule has 1 saturated heterocycles. The molecule has 3 heterocycles. The summed E-state index contributed by atoms with van der Waals surface area (Å²) in [5.74, 6) is -1.21. The zero-order valence-corrected chi connectivity index (χ0v) is 11.0. The van der Waals surface area contributed by atoms with Crippen LogP contribution in [0.1, 0.15) is 18.5 Å². The maximum absolute atomic E-state index is 13.1. The summed E-state index contributed by atoms with van der Waals surface area (Å²) in [6.45, 7) is 2.20. The molecule has 5 nitrogen and oxygen atoms in total. The number of nitrogens with zero attached hydrogens (tertiary/aromatic N) is 3. The van der Waals surface area contributed by atoms with Crippen LogP contribution in [0.25, 0.3) is 5.65 Å². The number of hydrogen-bond acceptors (Lipinski definition) is 3. The van der Waals surface area contributed by atoms with Crippen molar-refractivity contribution in [3.8, 4) is 0 Å². The van der Waals surface area contributed by atoms with E-state index in [1.165, 1.54) is 12.3 Å². The summed E-state index contributed by atoms with van der Waals surface area (Å²) < 4.78 is 14.8. The smallest absolute Gasteiger partial charge is 0.306 e. The lowest BCUT2D eigenvalue weighted by molar-refractivity contribution is -0.143. The van der Waals surface area contributed by atoms with Gasteiger partial charge in [0.15, 0.2) is 0 Å². The first kappa shape index (κ1) is 13.1. The molecule has 0 aromatic carbocycles. The fraction of sp³-hybridized carbons (Fsp3) is 0.429. The van der Waals surface area contributed by atoms with Crippen LogP contribution in [0.15, 0.2) is 24.5 Å². The van der Waals surface area contributed by atoms with Crippen LogP contribution in [-0.4, -0.2) is 38.4 Å². The van der Waals surface area contributed by atoms with E-state index in [4.69, 9.17) is 5.11 Å². The standard InChI is InChI=1S/C14H16FN3O2/c15-11-1-2-13-16-12(9-18(13)7-11)8-17-5-3-10(4-6-17)14(19)20/h1-2,7,9-10H,3-6,8H2,(H,19,20). The van der Waals surface area contributed by atoms with E-state index in [0.29, 0.717) is 19.4 Å². The van der Waals surface area contributed by atoms with Crippen molar-refractivity contribution in [1.82, 2.24) is 14.3 Å². The summed E-state index contributed by atoms with van der Waals surface area (Å²) >= 11 is 0. The molecule has 2 aromatic rings. The molecule has 0 amide bonds. The summed E-state index contributed by atoms with van der Waals surface area (Å²) in [7, 11) is 0. The topological polar surface area (TPSA) is 57.8 Å². The summed E-state index contributed by atoms with van der Waals surface area (Å²) in [5.41, 5.74) is 1.60. The largest absolute Gasteiger partial charge is 0.481 e. The van der Waals surface area contributed by atoms with Crippen molar-refractivity contribution in [2.75, 3.05) is 13.1 Å². The number of likely N-dealkylation sites (tertiary alicyclic amines) is 1. The number of fused-ring (bicyclic) bond motifs is 1. The average Bonchev–Trinajstić information content (AvgIpc) is 2.80. The molecule has 0 bridgehead atoms. The third-order valence-corrected chi connectivity index (χ3v) is 3.79. The van der Waals surface area contributed by atoms with Crippen LogP contribution in [0, 0.1) is 11.7 Å².